The van der Waals surface area contributed by atoms with Crippen LogP contribution >= 0.6 is 0 Å². The van der Waals surface area contributed by atoms with Gasteiger partial charge in [0.25, 0.3) is 0 Å². The van der Waals surface area contributed by atoms with E-state index in [9.17, 15) is 0 Å². The standard InChI is InChI=1S/C3H8.2CH2O3.4CH4/c1-3-2;2*2-1(3)4;;;;/h3H2,1-2H3;2*(H2,2,3,4);4*1H4. The van der Waals surface area contributed by atoms with E-state index in [1.54, 1.807) is 0 Å². The number of carbonyl (C=O) groups is 2. The highest BCUT2D eigenvalue weighted by Crippen LogP contribution is 1.56. The quantitative estimate of drug-likeness (QED) is 0.491. The van der Waals surface area contributed by atoms with Gasteiger partial charge in [-0.25, -0.2) is 9.59 Å². The van der Waals surface area contributed by atoms with Gasteiger partial charge in [0.15, 0.2) is 0 Å². The van der Waals surface area contributed by atoms with Gasteiger partial charge in [0, 0.05) is 0 Å². The summed E-state index contributed by atoms with van der Waals surface area (Å²) in [5, 5.41) is 27.9. The highest BCUT2D eigenvalue weighted by atomic mass is 16.6. The van der Waals surface area contributed by atoms with E-state index in [4.69, 9.17) is 30.0 Å². The first-order valence-corrected chi connectivity index (χ1v) is 2.72. The van der Waals surface area contributed by atoms with Gasteiger partial charge in [-0.05, 0) is 0 Å². The molecule has 6 heteroatoms. The maximum absolute atomic E-state index is 8.56. The molecule has 0 fully saturated rings. The highest BCUT2D eigenvalue weighted by molar-refractivity contribution is 5.53. The molecule has 0 aromatic carbocycles. The van der Waals surface area contributed by atoms with Gasteiger partial charge in [-0.1, -0.05) is 50.0 Å². The van der Waals surface area contributed by atoms with E-state index in [2.05, 4.69) is 13.8 Å². The molecule has 0 atom stereocenters. The van der Waals surface area contributed by atoms with Crippen molar-refractivity contribution >= 4 is 12.3 Å². The Bertz CT molecular complexity index is 82.8. The van der Waals surface area contributed by atoms with E-state index in [0.29, 0.717) is 0 Å². The van der Waals surface area contributed by atoms with Crippen LogP contribution in [0.2, 0.25) is 0 Å². The van der Waals surface area contributed by atoms with E-state index in [-0.39, 0.29) is 29.7 Å². The lowest BCUT2D eigenvalue weighted by atomic mass is 10.6. The molecule has 0 bridgehead atoms. The van der Waals surface area contributed by atoms with E-state index >= 15 is 0 Å². The summed E-state index contributed by atoms with van der Waals surface area (Å²) in [4.78, 5) is 17.1. The molecular weight excluding hydrogens is 204 g/mol. The maximum Gasteiger partial charge on any atom is 0.503 e. The number of rotatable bonds is 0. The third kappa shape index (κ3) is 654. The Morgan fingerprint density at radius 2 is 0.733 bits per heavy atom. The second-order valence-corrected chi connectivity index (χ2v) is 1.27. The predicted molar refractivity (Wildman–Crippen MR) is 64.2 cm³/mol. The zero-order valence-corrected chi connectivity index (χ0v) is 6.31. The SMILES string of the molecule is C.C.C.C.CCC.O=C(O)O.O=C(O)O. The molecule has 0 rings (SSSR count). The van der Waals surface area contributed by atoms with Crippen molar-refractivity contribution in [3.8, 4) is 0 Å². The van der Waals surface area contributed by atoms with Crippen molar-refractivity contribution in [2.45, 2.75) is 50.0 Å². The van der Waals surface area contributed by atoms with Crippen LogP contribution in [0.1, 0.15) is 50.0 Å². The Balaban J connectivity index is -0.0000000114. The largest absolute Gasteiger partial charge is 0.503 e. The highest BCUT2D eigenvalue weighted by Gasteiger charge is 1.70. The average molecular weight is 232 g/mol. The second-order valence-electron chi connectivity index (χ2n) is 1.27. The van der Waals surface area contributed by atoms with Crippen molar-refractivity contribution < 1.29 is 30.0 Å². The molecule has 0 radical (unpaired) electrons. The summed E-state index contributed by atoms with van der Waals surface area (Å²) in [6.45, 7) is 4.25. The van der Waals surface area contributed by atoms with Gasteiger partial charge >= 0.3 is 12.3 Å². The van der Waals surface area contributed by atoms with Gasteiger partial charge in [0.05, 0.1) is 0 Å². The van der Waals surface area contributed by atoms with E-state index in [0.717, 1.165) is 0 Å². The molecule has 0 aliphatic heterocycles. The van der Waals surface area contributed by atoms with Gasteiger partial charge < -0.3 is 20.4 Å². The summed E-state index contributed by atoms with van der Waals surface area (Å²) in [5.74, 6) is 0. The first-order valence-electron chi connectivity index (χ1n) is 2.72. The van der Waals surface area contributed by atoms with Crippen molar-refractivity contribution in [2.24, 2.45) is 0 Å². The van der Waals surface area contributed by atoms with Gasteiger partial charge in [-0.2, -0.15) is 0 Å². The summed E-state index contributed by atoms with van der Waals surface area (Å²) in [7, 11) is 0. The lowest BCUT2D eigenvalue weighted by Gasteiger charge is -1.60. The molecule has 4 N–H and O–H groups in total. The average Bonchev–Trinajstić information content (AvgIpc) is 1.60. The molecular formula is C9H28O6. The van der Waals surface area contributed by atoms with Crippen LogP contribution in [0, 0.1) is 0 Å². The summed E-state index contributed by atoms with van der Waals surface area (Å²) >= 11 is 0. The zero-order valence-electron chi connectivity index (χ0n) is 6.31. The molecule has 100 valence electrons. The predicted octanol–water partition coefficient (Wildman–Crippen LogP) is 4.41. The Labute approximate surface area is 93.2 Å². The second kappa shape index (κ2) is 54.4. The van der Waals surface area contributed by atoms with Crippen LogP contribution in [0.3, 0.4) is 0 Å². The molecule has 0 heterocycles. The molecule has 6 nitrogen and oxygen atoms in total. The van der Waals surface area contributed by atoms with E-state index < -0.39 is 12.3 Å². The third-order valence-electron chi connectivity index (χ3n) is 0. The topological polar surface area (TPSA) is 115 Å². The van der Waals surface area contributed by atoms with E-state index in [1.807, 2.05) is 0 Å². The summed E-state index contributed by atoms with van der Waals surface area (Å²) in [6, 6.07) is 0. The fraction of sp³-hybridized carbons (Fsp3) is 0.778. The Kier molecular flexibility index (Phi) is 181. The smallest absolute Gasteiger partial charge is 0.450 e. The minimum atomic E-state index is -1.83. The van der Waals surface area contributed by atoms with Crippen LogP contribution in [-0.4, -0.2) is 32.7 Å². The van der Waals surface area contributed by atoms with Gasteiger partial charge in [0.1, 0.15) is 0 Å². The number of carboxylic acid groups (broad SMARTS) is 4. The fourth-order valence-electron chi connectivity index (χ4n) is 0. The maximum atomic E-state index is 8.56. The van der Waals surface area contributed by atoms with Crippen molar-refractivity contribution in [3.63, 3.8) is 0 Å². The van der Waals surface area contributed by atoms with Crippen LogP contribution in [0.25, 0.3) is 0 Å². The molecule has 0 spiro atoms. The van der Waals surface area contributed by atoms with Crippen molar-refractivity contribution in [1.82, 2.24) is 0 Å². The summed E-state index contributed by atoms with van der Waals surface area (Å²) < 4.78 is 0. The van der Waals surface area contributed by atoms with Crippen LogP contribution in [-0.2, 0) is 0 Å². The van der Waals surface area contributed by atoms with Gasteiger partial charge in [0.2, 0.25) is 0 Å². The lowest BCUT2D eigenvalue weighted by Crippen LogP contribution is -1.81. The Morgan fingerprint density at radius 3 is 0.733 bits per heavy atom. The molecule has 0 saturated heterocycles. The van der Waals surface area contributed by atoms with Gasteiger partial charge in [-0.15, -0.1) is 0 Å². The van der Waals surface area contributed by atoms with Crippen molar-refractivity contribution in [2.75, 3.05) is 0 Å². The van der Waals surface area contributed by atoms with Gasteiger partial charge in [-0.3, -0.25) is 0 Å². The normalized spacial score (nSPS) is 4.40. The zero-order chi connectivity index (χ0) is 9.86. The summed E-state index contributed by atoms with van der Waals surface area (Å²) in [5.41, 5.74) is 0. The lowest BCUT2D eigenvalue weighted by molar-refractivity contribution is 0.135. The van der Waals surface area contributed by atoms with Crippen LogP contribution in [0.4, 0.5) is 9.59 Å². The first kappa shape index (κ1) is 49.8. The molecule has 15 heavy (non-hydrogen) atoms. The van der Waals surface area contributed by atoms with Crippen LogP contribution in [0.15, 0.2) is 0 Å². The molecule has 0 aromatic rings. The van der Waals surface area contributed by atoms with Crippen molar-refractivity contribution in [3.05, 3.63) is 0 Å². The minimum absolute atomic E-state index is 0. The van der Waals surface area contributed by atoms with Crippen LogP contribution in [0.5, 0.6) is 0 Å². The molecule has 0 aliphatic rings. The monoisotopic (exact) mass is 232 g/mol. The number of hydrogen-bond donors (Lipinski definition) is 4. The molecule has 0 aromatic heterocycles. The molecule has 0 amide bonds. The first-order chi connectivity index (χ1) is 4.88. The number of hydrogen-bond acceptors (Lipinski definition) is 2. The van der Waals surface area contributed by atoms with Crippen molar-refractivity contribution in [1.29, 1.82) is 0 Å². The molecule has 0 unspecified atom stereocenters. The van der Waals surface area contributed by atoms with Crippen LogP contribution < -0.4 is 0 Å². The Hall–Kier alpha value is -1.46. The third-order valence-corrected chi connectivity index (χ3v) is 0. The summed E-state index contributed by atoms with van der Waals surface area (Å²) in [6.07, 6.45) is -2.42. The molecule has 0 saturated carbocycles. The van der Waals surface area contributed by atoms with E-state index in [1.165, 1.54) is 6.42 Å². The molecule has 0 aliphatic carbocycles. The fourth-order valence-corrected chi connectivity index (χ4v) is 0. The minimum Gasteiger partial charge on any atom is -0.450 e. The Morgan fingerprint density at radius 1 is 0.733 bits per heavy atom.